The molecule has 52 heavy (non-hydrogen) atoms. The number of ether oxygens (including phenoxy) is 2. The van der Waals surface area contributed by atoms with E-state index in [-0.39, 0.29) is 0 Å². The molecule has 0 amide bonds. The topological polar surface area (TPSA) is 18.5 Å². The van der Waals surface area contributed by atoms with Gasteiger partial charge in [0.2, 0.25) is 0 Å². The first-order chi connectivity index (χ1) is 25.8. The van der Waals surface area contributed by atoms with E-state index in [9.17, 15) is 0 Å². The number of benzene rings is 2. The van der Waals surface area contributed by atoms with E-state index in [2.05, 4.69) is 73.1 Å². The molecule has 0 saturated heterocycles. The maximum Gasteiger partial charge on any atom is 0.129 e. The molecule has 6 rings (SSSR count). The Labute approximate surface area is 329 Å². The molecule has 4 heterocycles. The zero-order chi connectivity index (χ0) is 35.8. The lowest BCUT2D eigenvalue weighted by Gasteiger charge is -2.15. The lowest BCUT2D eigenvalue weighted by molar-refractivity contribution is 0.305. The third-order valence-electron chi connectivity index (χ3n) is 10.4. The number of hydrogen-bond acceptors (Lipinski definition) is 6. The molecule has 0 aliphatic heterocycles. The molecule has 6 aromatic rings. The highest BCUT2D eigenvalue weighted by Crippen LogP contribution is 2.50. The molecule has 0 bridgehead atoms. The first-order valence-electron chi connectivity index (χ1n) is 20.6. The van der Waals surface area contributed by atoms with E-state index in [4.69, 9.17) is 9.47 Å². The Kier molecular flexibility index (Phi) is 16.3. The highest BCUT2D eigenvalue weighted by atomic mass is 32.1. The van der Waals surface area contributed by atoms with Gasteiger partial charge in [0.15, 0.2) is 0 Å². The lowest BCUT2D eigenvalue weighted by Crippen LogP contribution is -2.00. The van der Waals surface area contributed by atoms with Crippen molar-refractivity contribution < 1.29 is 9.47 Å². The molecule has 0 radical (unpaired) electrons. The zero-order valence-corrected chi connectivity index (χ0v) is 35.0. The summed E-state index contributed by atoms with van der Waals surface area (Å²) in [6.45, 7) is 6.12. The van der Waals surface area contributed by atoms with Crippen molar-refractivity contribution in [2.45, 2.75) is 142 Å². The summed E-state index contributed by atoms with van der Waals surface area (Å²) in [5.74, 6) is 2.04. The third-order valence-corrected chi connectivity index (χ3v) is 14.8. The van der Waals surface area contributed by atoms with Gasteiger partial charge >= 0.3 is 0 Å². The molecule has 6 heteroatoms. The van der Waals surface area contributed by atoms with Crippen LogP contribution in [0, 0.1) is 0 Å². The molecule has 280 valence electrons. The monoisotopic (exact) mass is 772 g/mol. The Hall–Kier alpha value is -2.38. The third kappa shape index (κ3) is 10.9. The van der Waals surface area contributed by atoms with Crippen LogP contribution in [-0.4, -0.2) is 13.2 Å². The van der Waals surface area contributed by atoms with Crippen molar-refractivity contribution >= 4 is 76.3 Å². The fourth-order valence-electron chi connectivity index (χ4n) is 7.38. The molecule has 2 nitrogen and oxygen atoms in total. The van der Waals surface area contributed by atoms with E-state index >= 15 is 0 Å². The van der Waals surface area contributed by atoms with Crippen LogP contribution in [0.15, 0.2) is 59.3 Å². The fourth-order valence-corrected chi connectivity index (χ4v) is 11.4. The van der Waals surface area contributed by atoms with Crippen molar-refractivity contribution in [1.29, 1.82) is 0 Å². The lowest BCUT2D eigenvalue weighted by atomic mass is 10.0. The molecule has 4 aromatic heterocycles. The molecule has 0 N–H and O–H groups in total. The highest BCUT2D eigenvalue weighted by molar-refractivity contribution is 7.28. The average molecular weight is 773 g/mol. The van der Waals surface area contributed by atoms with Gasteiger partial charge in [-0.1, -0.05) is 135 Å². The van der Waals surface area contributed by atoms with Crippen molar-refractivity contribution in [3.63, 3.8) is 0 Å². The number of hydrogen-bond donors (Lipinski definition) is 0. The van der Waals surface area contributed by atoms with Gasteiger partial charge in [0.25, 0.3) is 0 Å². The van der Waals surface area contributed by atoms with Crippen LogP contribution in [0.3, 0.4) is 0 Å². The smallest absolute Gasteiger partial charge is 0.129 e. The normalized spacial score (nSPS) is 11.8. The van der Waals surface area contributed by atoms with Gasteiger partial charge < -0.3 is 9.47 Å². The van der Waals surface area contributed by atoms with E-state index in [1.165, 1.54) is 166 Å². The average Bonchev–Trinajstić information content (AvgIpc) is 3.99. The second kappa shape index (κ2) is 21.5. The molecular formula is C46H60O2S4. The predicted octanol–water partition coefficient (Wildman–Crippen LogP) is 17.3. The SMILES string of the molecule is CCCCCCCCCCCCOc1cc2cc(-c3ccc(-c4cccs4)s3)sc2c2c(OCCCCCCCCCCCC)cc3ccsc3c12. The van der Waals surface area contributed by atoms with Crippen molar-refractivity contribution in [1.82, 2.24) is 0 Å². The molecule has 0 fully saturated rings. The van der Waals surface area contributed by atoms with Gasteiger partial charge in [-0.3, -0.25) is 0 Å². The Bertz CT molecular complexity index is 1870. The molecule has 0 spiro atoms. The van der Waals surface area contributed by atoms with Gasteiger partial charge in [0.1, 0.15) is 11.5 Å². The molecule has 0 saturated carbocycles. The second-order valence-electron chi connectivity index (χ2n) is 14.6. The molecule has 0 unspecified atom stereocenters. The molecule has 0 aliphatic rings. The predicted molar refractivity (Wildman–Crippen MR) is 236 cm³/mol. The Morgan fingerprint density at radius 3 is 1.50 bits per heavy atom. The fraction of sp³-hybridized carbons (Fsp3) is 0.522. The Morgan fingerprint density at radius 2 is 0.942 bits per heavy atom. The number of fused-ring (bicyclic) bond motifs is 5. The van der Waals surface area contributed by atoms with Gasteiger partial charge in [-0.15, -0.1) is 45.3 Å². The van der Waals surface area contributed by atoms with Crippen molar-refractivity contribution in [2.75, 3.05) is 13.2 Å². The highest BCUT2D eigenvalue weighted by Gasteiger charge is 2.20. The maximum absolute atomic E-state index is 6.77. The Balaban J connectivity index is 1.18. The summed E-state index contributed by atoms with van der Waals surface area (Å²) in [6, 6.07) is 18.2. The molecule has 2 aromatic carbocycles. The number of thiophene rings is 4. The summed E-state index contributed by atoms with van der Waals surface area (Å²) in [5, 5.41) is 9.39. The minimum Gasteiger partial charge on any atom is -0.493 e. The standard InChI is InChI=1S/C46H60O2S4/c1-3-5-7-9-11-13-15-17-19-21-28-47-37-32-35-27-31-50-45(35)43-38(48-29-22-20-18-16-14-12-10-8-6-4-2)33-36-34-42(52-46(36)44(37)43)41-26-25-40(51-41)39-24-23-30-49-39/h23-27,30-34H,3-22,28-29H2,1-2H3. The zero-order valence-electron chi connectivity index (χ0n) is 31.8. The second-order valence-corrected chi connectivity index (χ2v) is 18.6. The first kappa shape index (κ1) is 39.3. The van der Waals surface area contributed by atoms with Crippen LogP contribution in [0.25, 0.3) is 50.5 Å². The van der Waals surface area contributed by atoms with Crippen LogP contribution in [0.1, 0.15) is 142 Å². The summed E-state index contributed by atoms with van der Waals surface area (Å²) in [4.78, 5) is 5.33. The molecule has 0 aliphatic carbocycles. The van der Waals surface area contributed by atoms with E-state index in [0.29, 0.717) is 0 Å². The van der Waals surface area contributed by atoms with E-state index in [0.717, 1.165) is 37.6 Å². The van der Waals surface area contributed by atoms with Crippen LogP contribution in [0.4, 0.5) is 0 Å². The van der Waals surface area contributed by atoms with Gasteiger partial charge in [0, 0.05) is 39.7 Å². The summed E-state index contributed by atoms with van der Waals surface area (Å²) in [5.41, 5.74) is 0. The summed E-state index contributed by atoms with van der Waals surface area (Å²) in [6.07, 6.45) is 26.6. The van der Waals surface area contributed by atoms with E-state index in [1.54, 1.807) is 0 Å². The number of rotatable bonds is 26. The quantitative estimate of drug-likeness (QED) is 0.0511. The van der Waals surface area contributed by atoms with Crippen molar-refractivity contribution in [2.24, 2.45) is 0 Å². The van der Waals surface area contributed by atoms with Crippen LogP contribution < -0.4 is 9.47 Å². The maximum atomic E-state index is 6.77. The number of unbranched alkanes of at least 4 members (excludes halogenated alkanes) is 18. The van der Waals surface area contributed by atoms with Gasteiger partial charge in [-0.2, -0.15) is 0 Å². The van der Waals surface area contributed by atoms with Crippen molar-refractivity contribution in [3.8, 4) is 31.0 Å². The van der Waals surface area contributed by atoms with Crippen LogP contribution in [0.2, 0.25) is 0 Å². The van der Waals surface area contributed by atoms with E-state index in [1.807, 2.05) is 45.3 Å². The van der Waals surface area contributed by atoms with Gasteiger partial charge in [-0.05, 0) is 76.8 Å². The molecular weight excluding hydrogens is 713 g/mol. The first-order valence-corrected chi connectivity index (χ1v) is 24.0. The van der Waals surface area contributed by atoms with Crippen molar-refractivity contribution in [3.05, 3.63) is 59.3 Å². The summed E-state index contributed by atoms with van der Waals surface area (Å²) in [7, 11) is 0. The van der Waals surface area contributed by atoms with Gasteiger partial charge in [0.05, 0.1) is 13.2 Å². The molecule has 0 atom stereocenters. The van der Waals surface area contributed by atoms with E-state index < -0.39 is 0 Å². The minimum atomic E-state index is 0.764. The summed E-state index contributed by atoms with van der Waals surface area (Å²) < 4.78 is 16.2. The van der Waals surface area contributed by atoms with Crippen LogP contribution in [-0.2, 0) is 0 Å². The summed E-state index contributed by atoms with van der Waals surface area (Å²) >= 11 is 7.45. The van der Waals surface area contributed by atoms with Crippen LogP contribution in [0.5, 0.6) is 11.5 Å². The van der Waals surface area contributed by atoms with Gasteiger partial charge in [-0.25, -0.2) is 0 Å². The Morgan fingerprint density at radius 1 is 0.423 bits per heavy atom. The largest absolute Gasteiger partial charge is 0.493 e. The minimum absolute atomic E-state index is 0.764. The van der Waals surface area contributed by atoms with Crippen LogP contribution >= 0.6 is 45.3 Å².